The van der Waals surface area contributed by atoms with E-state index in [2.05, 4.69) is 13.8 Å². The predicted molar refractivity (Wildman–Crippen MR) is 84.2 cm³/mol. The molecule has 1 unspecified atom stereocenters. The second-order valence-corrected chi connectivity index (χ2v) is 5.48. The first-order valence-electron chi connectivity index (χ1n) is 7.64. The second kappa shape index (κ2) is 6.69. The Labute approximate surface area is 120 Å². The van der Waals surface area contributed by atoms with E-state index in [1.54, 1.807) is 4.57 Å². The first-order chi connectivity index (χ1) is 9.69. The van der Waals surface area contributed by atoms with E-state index in [1.807, 2.05) is 31.3 Å². The Morgan fingerprint density at radius 3 is 2.60 bits per heavy atom. The lowest BCUT2D eigenvalue weighted by Gasteiger charge is -2.19. The summed E-state index contributed by atoms with van der Waals surface area (Å²) in [5.74, 6) is 1.34. The molecule has 0 N–H and O–H groups in total. The molecule has 3 nitrogen and oxygen atoms in total. The minimum absolute atomic E-state index is 0.0724. The molecule has 0 aliphatic rings. The van der Waals surface area contributed by atoms with Gasteiger partial charge in [-0.1, -0.05) is 45.2 Å². The summed E-state index contributed by atoms with van der Waals surface area (Å²) in [4.78, 5) is 17.2. The van der Waals surface area contributed by atoms with Crippen LogP contribution in [0, 0.1) is 0 Å². The molecule has 1 aromatic carbocycles. The van der Waals surface area contributed by atoms with Crippen LogP contribution in [0.25, 0.3) is 10.9 Å². The molecule has 3 heteroatoms. The third kappa shape index (κ3) is 2.92. The van der Waals surface area contributed by atoms with Crippen LogP contribution >= 0.6 is 0 Å². The van der Waals surface area contributed by atoms with Crippen molar-refractivity contribution in [1.29, 1.82) is 0 Å². The maximum absolute atomic E-state index is 12.5. The van der Waals surface area contributed by atoms with Crippen molar-refractivity contribution in [3.8, 4) is 0 Å². The highest BCUT2D eigenvalue weighted by molar-refractivity contribution is 5.77. The number of hydrogen-bond donors (Lipinski definition) is 0. The van der Waals surface area contributed by atoms with Crippen LogP contribution in [-0.2, 0) is 7.05 Å². The van der Waals surface area contributed by atoms with Crippen molar-refractivity contribution < 1.29 is 0 Å². The third-order valence-corrected chi connectivity index (χ3v) is 3.93. The van der Waals surface area contributed by atoms with E-state index >= 15 is 0 Å². The predicted octanol–water partition coefficient (Wildman–Crippen LogP) is 4.01. The maximum Gasteiger partial charge on any atom is 0.261 e. The van der Waals surface area contributed by atoms with E-state index in [-0.39, 0.29) is 5.56 Å². The molecule has 0 saturated carbocycles. The summed E-state index contributed by atoms with van der Waals surface area (Å²) in [6.45, 7) is 4.40. The second-order valence-electron chi connectivity index (χ2n) is 5.48. The third-order valence-electron chi connectivity index (χ3n) is 3.93. The average molecular weight is 272 g/mol. The van der Waals surface area contributed by atoms with Gasteiger partial charge in [0.05, 0.1) is 10.9 Å². The van der Waals surface area contributed by atoms with Gasteiger partial charge in [0.15, 0.2) is 0 Å². The summed E-state index contributed by atoms with van der Waals surface area (Å²) in [6, 6.07) is 7.63. The topological polar surface area (TPSA) is 34.9 Å². The summed E-state index contributed by atoms with van der Waals surface area (Å²) in [7, 11) is 1.85. The average Bonchev–Trinajstić information content (AvgIpc) is 2.47. The number of fused-ring (bicyclic) bond motifs is 1. The summed E-state index contributed by atoms with van der Waals surface area (Å²) >= 11 is 0. The Hall–Kier alpha value is -1.64. The van der Waals surface area contributed by atoms with Gasteiger partial charge >= 0.3 is 0 Å². The fourth-order valence-electron chi connectivity index (χ4n) is 2.80. The summed E-state index contributed by atoms with van der Waals surface area (Å²) in [6.07, 6.45) is 5.70. The highest BCUT2D eigenvalue weighted by Crippen LogP contribution is 2.25. The molecule has 0 bridgehead atoms. The van der Waals surface area contributed by atoms with Gasteiger partial charge in [-0.05, 0) is 25.0 Å². The quantitative estimate of drug-likeness (QED) is 0.796. The Morgan fingerprint density at radius 1 is 1.15 bits per heavy atom. The highest BCUT2D eigenvalue weighted by atomic mass is 16.1. The summed E-state index contributed by atoms with van der Waals surface area (Å²) in [5, 5.41) is 0.712. The zero-order valence-corrected chi connectivity index (χ0v) is 12.7. The van der Waals surface area contributed by atoms with Crippen LogP contribution < -0.4 is 5.56 Å². The van der Waals surface area contributed by atoms with Gasteiger partial charge in [0.2, 0.25) is 0 Å². The van der Waals surface area contributed by atoms with Crippen molar-refractivity contribution in [2.75, 3.05) is 0 Å². The molecule has 2 aromatic rings. The molecule has 2 rings (SSSR count). The highest BCUT2D eigenvalue weighted by Gasteiger charge is 2.17. The Morgan fingerprint density at radius 2 is 1.90 bits per heavy atom. The standard InChI is InChI=1S/C17H24N2O/c1-4-6-10-13(9-5-2)16-18-15-12-8-7-11-14(15)17(20)19(16)3/h7-8,11-13H,4-6,9-10H2,1-3H3. The number of hydrogen-bond acceptors (Lipinski definition) is 2. The van der Waals surface area contributed by atoms with Crippen molar-refractivity contribution in [1.82, 2.24) is 9.55 Å². The molecule has 0 aliphatic heterocycles. The van der Waals surface area contributed by atoms with Crippen LogP contribution in [0.1, 0.15) is 57.7 Å². The van der Waals surface area contributed by atoms with Crippen LogP contribution in [0.15, 0.2) is 29.1 Å². The minimum Gasteiger partial charge on any atom is -0.299 e. The van der Waals surface area contributed by atoms with Crippen molar-refractivity contribution in [2.24, 2.45) is 7.05 Å². The van der Waals surface area contributed by atoms with Gasteiger partial charge in [-0.15, -0.1) is 0 Å². The fourth-order valence-corrected chi connectivity index (χ4v) is 2.80. The van der Waals surface area contributed by atoms with E-state index in [0.717, 1.165) is 30.6 Å². The molecule has 0 radical (unpaired) electrons. The van der Waals surface area contributed by atoms with E-state index in [4.69, 9.17) is 4.98 Å². The van der Waals surface area contributed by atoms with Gasteiger partial charge in [0, 0.05) is 13.0 Å². The molecule has 0 fully saturated rings. The lowest BCUT2D eigenvalue weighted by molar-refractivity contribution is 0.496. The number of nitrogens with zero attached hydrogens (tertiary/aromatic N) is 2. The number of aromatic nitrogens is 2. The van der Waals surface area contributed by atoms with Gasteiger partial charge in [-0.3, -0.25) is 9.36 Å². The van der Waals surface area contributed by atoms with Crippen LogP contribution in [-0.4, -0.2) is 9.55 Å². The number of benzene rings is 1. The van der Waals surface area contributed by atoms with E-state index in [1.165, 1.54) is 12.8 Å². The number of para-hydroxylation sites is 1. The fraction of sp³-hybridized carbons (Fsp3) is 0.529. The normalized spacial score (nSPS) is 12.8. The van der Waals surface area contributed by atoms with Gasteiger partial charge in [0.25, 0.3) is 5.56 Å². The molecule has 0 saturated heterocycles. The molecule has 1 aromatic heterocycles. The van der Waals surface area contributed by atoms with Crippen molar-refractivity contribution in [2.45, 2.75) is 51.9 Å². The molecule has 20 heavy (non-hydrogen) atoms. The van der Waals surface area contributed by atoms with Crippen LogP contribution in [0.2, 0.25) is 0 Å². The number of rotatable bonds is 6. The van der Waals surface area contributed by atoms with Crippen molar-refractivity contribution >= 4 is 10.9 Å². The first kappa shape index (κ1) is 14.8. The van der Waals surface area contributed by atoms with Crippen LogP contribution in [0.3, 0.4) is 0 Å². The van der Waals surface area contributed by atoms with Gasteiger partial charge in [-0.2, -0.15) is 0 Å². The molecule has 1 atom stereocenters. The van der Waals surface area contributed by atoms with Crippen molar-refractivity contribution in [3.05, 3.63) is 40.4 Å². The Kier molecular flexibility index (Phi) is 4.94. The smallest absolute Gasteiger partial charge is 0.261 e. The molecule has 1 heterocycles. The molecule has 0 spiro atoms. The lowest BCUT2D eigenvalue weighted by Crippen LogP contribution is -2.24. The molecular formula is C17H24N2O. The number of unbranched alkanes of at least 4 members (excludes halogenated alkanes) is 1. The monoisotopic (exact) mass is 272 g/mol. The molecule has 0 amide bonds. The van der Waals surface area contributed by atoms with Gasteiger partial charge in [-0.25, -0.2) is 4.98 Å². The summed E-state index contributed by atoms with van der Waals surface area (Å²) < 4.78 is 1.75. The van der Waals surface area contributed by atoms with Crippen LogP contribution in [0.4, 0.5) is 0 Å². The Bertz CT molecular complexity index is 630. The lowest BCUT2D eigenvalue weighted by atomic mass is 9.95. The SMILES string of the molecule is CCCCC(CCC)c1nc2ccccc2c(=O)n1C. The largest absolute Gasteiger partial charge is 0.299 e. The van der Waals surface area contributed by atoms with Gasteiger partial charge in [0.1, 0.15) is 5.82 Å². The molecule has 0 aliphatic carbocycles. The first-order valence-corrected chi connectivity index (χ1v) is 7.64. The maximum atomic E-state index is 12.5. The van der Waals surface area contributed by atoms with Gasteiger partial charge < -0.3 is 0 Å². The van der Waals surface area contributed by atoms with Crippen molar-refractivity contribution in [3.63, 3.8) is 0 Å². The van der Waals surface area contributed by atoms with E-state index in [9.17, 15) is 4.79 Å². The summed E-state index contributed by atoms with van der Waals surface area (Å²) in [5.41, 5.74) is 0.895. The van der Waals surface area contributed by atoms with Crippen LogP contribution in [0.5, 0.6) is 0 Å². The zero-order chi connectivity index (χ0) is 14.5. The van der Waals surface area contributed by atoms with E-state index < -0.39 is 0 Å². The van der Waals surface area contributed by atoms with E-state index in [0.29, 0.717) is 11.3 Å². The molecular weight excluding hydrogens is 248 g/mol. The zero-order valence-electron chi connectivity index (χ0n) is 12.7. The minimum atomic E-state index is 0.0724. The Balaban J connectivity index is 2.51. The molecule has 108 valence electrons.